The molecule has 0 radical (unpaired) electrons. The minimum Gasteiger partial charge on any atom is -0.398 e. The van der Waals surface area contributed by atoms with Crippen LogP contribution in [0.5, 0.6) is 0 Å². The van der Waals surface area contributed by atoms with Crippen LogP contribution in [0.2, 0.25) is 5.02 Å². The predicted octanol–water partition coefficient (Wildman–Crippen LogP) is 3.31. The fourth-order valence-electron chi connectivity index (χ4n) is 1.88. The molecule has 92 valence electrons. The Hall–Kier alpha value is -1.59. The molecule has 0 amide bonds. The Kier molecular flexibility index (Phi) is 2.53. The first-order valence-electron chi connectivity index (χ1n) is 5.44. The quantitative estimate of drug-likeness (QED) is 0.695. The van der Waals surface area contributed by atoms with Crippen molar-refractivity contribution >= 4 is 33.6 Å². The van der Waals surface area contributed by atoms with Gasteiger partial charge in [0.15, 0.2) is 5.82 Å². The van der Waals surface area contributed by atoms with E-state index in [9.17, 15) is 0 Å². The number of anilines is 1. The minimum absolute atomic E-state index is 0.551. The van der Waals surface area contributed by atoms with Gasteiger partial charge in [-0.3, -0.25) is 4.40 Å². The Labute approximate surface area is 113 Å². The van der Waals surface area contributed by atoms with Crippen LogP contribution in [0.25, 0.3) is 16.3 Å². The summed E-state index contributed by atoms with van der Waals surface area (Å²) < 4.78 is 2.04. The number of nitrogen functional groups attached to an aromatic ring is 1. The number of hydrogen-bond acceptors (Lipinski definition) is 4. The number of hydrogen-bond donors (Lipinski definition) is 1. The lowest BCUT2D eigenvalue weighted by molar-refractivity contribution is 1.08. The molecule has 3 aromatic rings. The zero-order chi connectivity index (χ0) is 12.9. The fourth-order valence-corrected chi connectivity index (χ4v) is 2.90. The molecule has 0 bridgehead atoms. The highest BCUT2D eigenvalue weighted by atomic mass is 35.5. The number of aryl methyl sites for hydroxylation is 2. The molecule has 18 heavy (non-hydrogen) atoms. The zero-order valence-electron chi connectivity index (χ0n) is 9.94. The maximum absolute atomic E-state index is 5.93. The van der Waals surface area contributed by atoms with Crippen LogP contribution in [-0.2, 0) is 0 Å². The zero-order valence-corrected chi connectivity index (χ0v) is 11.5. The number of fused-ring (bicyclic) bond motifs is 1. The molecule has 2 heterocycles. The summed E-state index contributed by atoms with van der Waals surface area (Å²) in [5, 5.41) is 8.96. The van der Waals surface area contributed by atoms with Crippen molar-refractivity contribution in [3.8, 4) is 11.4 Å². The summed E-state index contributed by atoms with van der Waals surface area (Å²) in [7, 11) is 0. The second-order valence-electron chi connectivity index (χ2n) is 4.12. The van der Waals surface area contributed by atoms with Gasteiger partial charge in [0.25, 0.3) is 0 Å². The third-order valence-electron chi connectivity index (χ3n) is 2.98. The van der Waals surface area contributed by atoms with E-state index in [1.807, 2.05) is 16.5 Å². The Bertz CT molecular complexity index is 744. The lowest BCUT2D eigenvalue weighted by Crippen LogP contribution is -1.93. The molecule has 0 atom stereocenters. The van der Waals surface area contributed by atoms with Crippen molar-refractivity contribution in [3.05, 3.63) is 33.8 Å². The second-order valence-corrected chi connectivity index (χ2v) is 5.71. The van der Waals surface area contributed by atoms with Crippen LogP contribution >= 0.6 is 22.9 Å². The Balaban J connectivity index is 2.27. The maximum atomic E-state index is 5.93. The van der Waals surface area contributed by atoms with Gasteiger partial charge in [-0.2, -0.15) is 0 Å². The lowest BCUT2D eigenvalue weighted by Gasteiger charge is -2.03. The van der Waals surface area contributed by atoms with E-state index < -0.39 is 0 Å². The van der Waals surface area contributed by atoms with Crippen LogP contribution in [-0.4, -0.2) is 14.6 Å². The number of thiazole rings is 1. The van der Waals surface area contributed by atoms with Crippen molar-refractivity contribution in [2.75, 3.05) is 5.73 Å². The molecule has 0 aliphatic heterocycles. The topological polar surface area (TPSA) is 56.2 Å². The van der Waals surface area contributed by atoms with Crippen LogP contribution in [0.1, 0.15) is 10.6 Å². The fraction of sp³-hybridized carbons (Fsp3) is 0.167. The van der Waals surface area contributed by atoms with Crippen molar-refractivity contribution in [2.45, 2.75) is 13.8 Å². The van der Waals surface area contributed by atoms with E-state index in [-0.39, 0.29) is 0 Å². The van der Waals surface area contributed by atoms with Gasteiger partial charge < -0.3 is 5.73 Å². The van der Waals surface area contributed by atoms with Gasteiger partial charge in [-0.1, -0.05) is 22.9 Å². The Morgan fingerprint density at radius 1 is 1.28 bits per heavy atom. The molecule has 0 aliphatic carbocycles. The van der Waals surface area contributed by atoms with Gasteiger partial charge in [-0.05, 0) is 32.0 Å². The summed E-state index contributed by atoms with van der Waals surface area (Å²) in [6.07, 6.45) is 0. The molecule has 3 rings (SSSR count). The van der Waals surface area contributed by atoms with E-state index in [0.717, 1.165) is 22.0 Å². The van der Waals surface area contributed by atoms with Gasteiger partial charge in [0, 0.05) is 16.1 Å². The second kappa shape index (κ2) is 3.96. The highest BCUT2D eigenvalue weighted by molar-refractivity contribution is 7.17. The lowest BCUT2D eigenvalue weighted by atomic mass is 10.2. The van der Waals surface area contributed by atoms with Gasteiger partial charge in [0.05, 0.1) is 10.7 Å². The molecule has 0 fully saturated rings. The highest BCUT2D eigenvalue weighted by Gasteiger charge is 2.14. The molecular weight excluding hydrogens is 268 g/mol. The molecule has 0 saturated heterocycles. The summed E-state index contributed by atoms with van der Waals surface area (Å²) in [4.78, 5) is 2.14. The van der Waals surface area contributed by atoms with Crippen LogP contribution < -0.4 is 5.73 Å². The standard InChI is InChI=1S/C12H11ClN4S/c1-6-7(2)18-12-16-15-11(17(6)12)8-3-4-9(13)10(14)5-8/h3-5H,14H2,1-2H3. The average molecular weight is 279 g/mol. The third-order valence-corrected chi connectivity index (χ3v) is 4.37. The van der Waals surface area contributed by atoms with Gasteiger partial charge in [0.1, 0.15) is 0 Å². The predicted molar refractivity (Wildman–Crippen MR) is 75.2 cm³/mol. The summed E-state index contributed by atoms with van der Waals surface area (Å²) in [6.45, 7) is 4.14. The van der Waals surface area contributed by atoms with Crippen molar-refractivity contribution in [2.24, 2.45) is 0 Å². The Morgan fingerprint density at radius 2 is 2.06 bits per heavy atom. The van der Waals surface area contributed by atoms with E-state index in [2.05, 4.69) is 24.0 Å². The van der Waals surface area contributed by atoms with Crippen LogP contribution in [0.4, 0.5) is 5.69 Å². The molecule has 4 nitrogen and oxygen atoms in total. The van der Waals surface area contributed by atoms with Gasteiger partial charge in [0.2, 0.25) is 4.96 Å². The number of halogens is 1. The average Bonchev–Trinajstić information content (AvgIpc) is 2.85. The molecule has 0 aliphatic rings. The number of nitrogens with two attached hydrogens (primary N) is 1. The summed E-state index contributed by atoms with van der Waals surface area (Å²) in [6, 6.07) is 5.51. The minimum atomic E-state index is 0.551. The first-order valence-corrected chi connectivity index (χ1v) is 6.64. The molecule has 6 heteroatoms. The van der Waals surface area contributed by atoms with E-state index in [0.29, 0.717) is 10.7 Å². The largest absolute Gasteiger partial charge is 0.398 e. The van der Waals surface area contributed by atoms with Crippen LogP contribution in [0, 0.1) is 13.8 Å². The number of aromatic nitrogens is 3. The van der Waals surface area contributed by atoms with Crippen LogP contribution in [0.15, 0.2) is 18.2 Å². The maximum Gasteiger partial charge on any atom is 0.216 e. The van der Waals surface area contributed by atoms with E-state index in [1.165, 1.54) is 4.88 Å². The molecule has 2 aromatic heterocycles. The van der Waals surface area contributed by atoms with E-state index in [1.54, 1.807) is 17.4 Å². The highest BCUT2D eigenvalue weighted by Crippen LogP contribution is 2.29. The van der Waals surface area contributed by atoms with Crippen molar-refractivity contribution in [3.63, 3.8) is 0 Å². The SMILES string of the molecule is Cc1sc2nnc(-c3ccc(Cl)c(N)c3)n2c1C. The molecule has 0 saturated carbocycles. The molecule has 0 spiro atoms. The van der Waals surface area contributed by atoms with Gasteiger partial charge >= 0.3 is 0 Å². The van der Waals surface area contributed by atoms with E-state index in [4.69, 9.17) is 17.3 Å². The Morgan fingerprint density at radius 3 is 2.78 bits per heavy atom. The number of benzene rings is 1. The summed E-state index contributed by atoms with van der Waals surface area (Å²) in [5.41, 5.74) is 8.46. The smallest absolute Gasteiger partial charge is 0.216 e. The summed E-state index contributed by atoms with van der Waals surface area (Å²) in [5.74, 6) is 0.801. The third kappa shape index (κ3) is 1.59. The van der Waals surface area contributed by atoms with Gasteiger partial charge in [-0.15, -0.1) is 10.2 Å². The summed E-state index contributed by atoms with van der Waals surface area (Å²) >= 11 is 7.56. The monoisotopic (exact) mass is 278 g/mol. The van der Waals surface area contributed by atoms with E-state index >= 15 is 0 Å². The molecule has 2 N–H and O–H groups in total. The molecule has 1 aromatic carbocycles. The normalized spacial score (nSPS) is 11.3. The first kappa shape index (κ1) is 11.5. The number of rotatable bonds is 1. The first-order chi connectivity index (χ1) is 8.58. The van der Waals surface area contributed by atoms with Gasteiger partial charge in [-0.25, -0.2) is 0 Å². The number of nitrogens with zero attached hydrogens (tertiary/aromatic N) is 3. The van der Waals surface area contributed by atoms with Crippen molar-refractivity contribution in [1.82, 2.24) is 14.6 Å². The van der Waals surface area contributed by atoms with Crippen molar-refractivity contribution < 1.29 is 0 Å². The molecular formula is C12H11ClN4S. The molecule has 0 unspecified atom stereocenters. The van der Waals surface area contributed by atoms with Crippen molar-refractivity contribution in [1.29, 1.82) is 0 Å². The van der Waals surface area contributed by atoms with Crippen LogP contribution in [0.3, 0.4) is 0 Å².